The third-order valence-corrected chi connectivity index (χ3v) is 9.80. The molecule has 0 radical (unpaired) electrons. The van der Waals surface area contributed by atoms with Crippen molar-refractivity contribution in [2.75, 3.05) is 6.61 Å². The Balaban J connectivity index is 2.39. The number of aliphatic hydroxyl groups excluding tert-OH is 1. The molecule has 4 atom stereocenters. The zero-order valence-electron chi connectivity index (χ0n) is 15.1. The van der Waals surface area contributed by atoms with Crippen LogP contribution < -0.4 is 0 Å². The van der Waals surface area contributed by atoms with Crippen molar-refractivity contribution in [2.24, 2.45) is 5.92 Å². The maximum Gasteiger partial charge on any atom is 0.191 e. The van der Waals surface area contributed by atoms with E-state index in [1.165, 1.54) is 0 Å². The van der Waals surface area contributed by atoms with Crippen LogP contribution in [0.3, 0.4) is 0 Å². The summed E-state index contributed by atoms with van der Waals surface area (Å²) < 4.78 is 12.4. The molecule has 1 saturated heterocycles. The summed E-state index contributed by atoms with van der Waals surface area (Å²) in [4.78, 5) is 0. The van der Waals surface area contributed by atoms with Crippen LogP contribution in [0.25, 0.3) is 0 Å². The predicted molar refractivity (Wildman–Crippen MR) is 91.1 cm³/mol. The van der Waals surface area contributed by atoms with Crippen molar-refractivity contribution in [2.45, 2.75) is 96.7 Å². The van der Waals surface area contributed by atoms with Crippen molar-refractivity contribution in [1.29, 1.82) is 0 Å². The zero-order valence-corrected chi connectivity index (χ0v) is 16.1. The molecule has 0 saturated carbocycles. The van der Waals surface area contributed by atoms with E-state index in [2.05, 4.69) is 40.8 Å². The third-order valence-electron chi connectivity index (χ3n) is 5.29. The van der Waals surface area contributed by atoms with Gasteiger partial charge in [0.15, 0.2) is 8.32 Å². The molecule has 0 bridgehead atoms. The molecular weight excluding hydrogens is 280 g/mol. The quantitative estimate of drug-likeness (QED) is 0.710. The highest BCUT2D eigenvalue weighted by molar-refractivity contribution is 6.74. The van der Waals surface area contributed by atoms with E-state index in [1.807, 2.05) is 6.92 Å². The Kier molecular flexibility index (Phi) is 6.91. The molecule has 3 nitrogen and oxygen atoms in total. The Bertz CT molecular complexity index is 312. The molecule has 126 valence electrons. The van der Waals surface area contributed by atoms with Gasteiger partial charge in [0.1, 0.15) is 0 Å². The van der Waals surface area contributed by atoms with Gasteiger partial charge in [-0.3, -0.25) is 0 Å². The Hall–Kier alpha value is 0.0969. The Labute approximate surface area is 132 Å². The Morgan fingerprint density at radius 1 is 1.29 bits per heavy atom. The Morgan fingerprint density at radius 2 is 1.90 bits per heavy atom. The van der Waals surface area contributed by atoms with Gasteiger partial charge in [-0.1, -0.05) is 34.6 Å². The van der Waals surface area contributed by atoms with E-state index in [9.17, 15) is 5.11 Å². The number of rotatable bonds is 7. The molecule has 4 heteroatoms. The van der Waals surface area contributed by atoms with Crippen LogP contribution in [0, 0.1) is 5.92 Å². The van der Waals surface area contributed by atoms with Crippen LogP contribution in [0.15, 0.2) is 0 Å². The molecule has 0 aromatic heterocycles. The van der Waals surface area contributed by atoms with E-state index < -0.39 is 8.32 Å². The molecule has 1 rings (SSSR count). The molecule has 0 aromatic rings. The standard InChI is InChI=1S/C17H36O3Si/c1-8-14(18)11-15-9-10-16(20-15)13(2)12-19-21(6,7)17(3,4)5/h13-16,18H,8-12H2,1-7H3/t13-,14-,15-,16+/m0/s1. The first-order valence-electron chi connectivity index (χ1n) is 8.54. The summed E-state index contributed by atoms with van der Waals surface area (Å²) >= 11 is 0. The molecule has 0 aliphatic carbocycles. The minimum absolute atomic E-state index is 0.215. The highest BCUT2D eigenvalue weighted by Crippen LogP contribution is 2.37. The van der Waals surface area contributed by atoms with Crippen molar-refractivity contribution in [1.82, 2.24) is 0 Å². The van der Waals surface area contributed by atoms with Gasteiger partial charge < -0.3 is 14.3 Å². The van der Waals surface area contributed by atoms with Crippen LogP contribution in [-0.4, -0.2) is 38.3 Å². The smallest absolute Gasteiger partial charge is 0.191 e. The summed E-state index contributed by atoms with van der Waals surface area (Å²) in [6.45, 7) is 16.5. The summed E-state index contributed by atoms with van der Waals surface area (Å²) in [7, 11) is -1.66. The largest absolute Gasteiger partial charge is 0.416 e. The van der Waals surface area contributed by atoms with E-state index in [4.69, 9.17) is 9.16 Å². The van der Waals surface area contributed by atoms with Gasteiger partial charge in [-0.05, 0) is 43.8 Å². The van der Waals surface area contributed by atoms with Crippen LogP contribution in [0.5, 0.6) is 0 Å². The van der Waals surface area contributed by atoms with E-state index in [0.717, 1.165) is 32.3 Å². The predicted octanol–water partition coefficient (Wildman–Crippen LogP) is 4.35. The average molecular weight is 317 g/mol. The molecule has 1 fully saturated rings. The lowest BCUT2D eigenvalue weighted by atomic mass is 10.0. The highest BCUT2D eigenvalue weighted by atomic mass is 28.4. The van der Waals surface area contributed by atoms with Gasteiger partial charge in [0.25, 0.3) is 0 Å². The van der Waals surface area contributed by atoms with E-state index in [1.54, 1.807) is 0 Å². The normalized spacial score (nSPS) is 26.9. The fourth-order valence-corrected chi connectivity index (χ4v) is 3.57. The fourth-order valence-electron chi connectivity index (χ4n) is 2.46. The van der Waals surface area contributed by atoms with Crippen LogP contribution in [0.1, 0.15) is 60.3 Å². The maximum atomic E-state index is 9.74. The molecule has 1 N–H and O–H groups in total. The first kappa shape index (κ1) is 19.1. The summed E-state index contributed by atoms with van der Waals surface area (Å²) in [5, 5.41) is 10.0. The van der Waals surface area contributed by atoms with Crippen molar-refractivity contribution < 1.29 is 14.3 Å². The number of hydrogen-bond donors (Lipinski definition) is 1. The van der Waals surface area contributed by atoms with Gasteiger partial charge in [0.05, 0.1) is 18.3 Å². The SMILES string of the molecule is CC[C@H](O)C[C@@H]1CC[C@H]([C@@H](C)CO[Si](C)(C)C(C)(C)C)O1. The summed E-state index contributed by atoms with van der Waals surface area (Å²) in [6.07, 6.45) is 4.09. The van der Waals surface area contributed by atoms with Crippen molar-refractivity contribution in [3.63, 3.8) is 0 Å². The van der Waals surface area contributed by atoms with Gasteiger partial charge in [0.2, 0.25) is 0 Å². The third kappa shape index (κ3) is 5.66. The van der Waals surface area contributed by atoms with Gasteiger partial charge in [0, 0.05) is 12.5 Å². The topological polar surface area (TPSA) is 38.7 Å². The second kappa shape index (κ2) is 7.58. The van der Waals surface area contributed by atoms with E-state index >= 15 is 0 Å². The van der Waals surface area contributed by atoms with Gasteiger partial charge in [-0.15, -0.1) is 0 Å². The van der Waals surface area contributed by atoms with Crippen LogP contribution in [0.4, 0.5) is 0 Å². The second-order valence-corrected chi connectivity index (χ2v) is 13.0. The number of hydrogen-bond acceptors (Lipinski definition) is 3. The number of aliphatic hydroxyl groups is 1. The van der Waals surface area contributed by atoms with Crippen LogP contribution in [-0.2, 0) is 9.16 Å². The average Bonchev–Trinajstić information content (AvgIpc) is 2.83. The van der Waals surface area contributed by atoms with E-state index in [0.29, 0.717) is 12.0 Å². The zero-order chi connectivity index (χ0) is 16.3. The summed E-state index contributed by atoms with van der Waals surface area (Å²) in [6, 6.07) is 0. The van der Waals surface area contributed by atoms with Crippen molar-refractivity contribution in [3.05, 3.63) is 0 Å². The molecule has 1 aliphatic heterocycles. The second-order valence-electron chi connectivity index (χ2n) is 8.22. The molecule has 1 aliphatic rings. The summed E-state index contributed by atoms with van der Waals surface area (Å²) in [5.41, 5.74) is 0. The first-order valence-corrected chi connectivity index (χ1v) is 11.4. The monoisotopic (exact) mass is 316 g/mol. The molecular formula is C17H36O3Si. The van der Waals surface area contributed by atoms with Crippen LogP contribution in [0.2, 0.25) is 18.1 Å². The van der Waals surface area contributed by atoms with Gasteiger partial charge >= 0.3 is 0 Å². The Morgan fingerprint density at radius 3 is 2.43 bits per heavy atom. The fraction of sp³-hybridized carbons (Fsp3) is 1.00. The molecule has 0 amide bonds. The highest BCUT2D eigenvalue weighted by Gasteiger charge is 2.38. The minimum Gasteiger partial charge on any atom is -0.416 e. The maximum absolute atomic E-state index is 9.74. The van der Waals surface area contributed by atoms with Gasteiger partial charge in [-0.25, -0.2) is 0 Å². The number of ether oxygens (including phenoxy) is 1. The van der Waals surface area contributed by atoms with Crippen LogP contribution >= 0.6 is 0 Å². The lowest BCUT2D eigenvalue weighted by Gasteiger charge is -2.37. The first-order chi connectivity index (χ1) is 9.56. The molecule has 1 heterocycles. The summed E-state index contributed by atoms with van der Waals surface area (Å²) in [5.74, 6) is 0.433. The lowest BCUT2D eigenvalue weighted by Crippen LogP contribution is -2.42. The minimum atomic E-state index is -1.66. The molecule has 0 spiro atoms. The molecule has 0 aromatic carbocycles. The van der Waals surface area contributed by atoms with Crippen molar-refractivity contribution >= 4 is 8.32 Å². The van der Waals surface area contributed by atoms with Gasteiger partial charge in [-0.2, -0.15) is 0 Å². The van der Waals surface area contributed by atoms with Crippen molar-refractivity contribution in [3.8, 4) is 0 Å². The molecule has 21 heavy (non-hydrogen) atoms. The lowest BCUT2D eigenvalue weighted by molar-refractivity contribution is -0.0189. The van der Waals surface area contributed by atoms with E-state index in [-0.39, 0.29) is 17.2 Å². The molecule has 0 unspecified atom stereocenters.